The minimum Gasteiger partial charge on any atom is -0.320 e. The van der Waals surface area contributed by atoms with E-state index in [2.05, 4.69) is 91.1 Å². The molecule has 1 aliphatic carbocycles. The summed E-state index contributed by atoms with van der Waals surface area (Å²) in [6, 6.07) is 13.6. The summed E-state index contributed by atoms with van der Waals surface area (Å²) in [4.78, 5) is 20.9. The number of fused-ring (bicyclic) bond motifs is 1. The number of aryl methyl sites for hydroxylation is 2. The number of anilines is 1. The van der Waals surface area contributed by atoms with Gasteiger partial charge in [-0.3, -0.25) is 9.69 Å². The van der Waals surface area contributed by atoms with Gasteiger partial charge < -0.3 is 14.4 Å². The first kappa shape index (κ1) is 27.2. The van der Waals surface area contributed by atoms with Crippen molar-refractivity contribution in [2.45, 2.75) is 65.6 Å². The average Bonchev–Trinajstić information content (AvgIpc) is 3.47. The molecule has 2 fully saturated rings. The predicted molar refractivity (Wildman–Crippen MR) is 159 cm³/mol. The number of rotatable bonds is 7. The maximum absolute atomic E-state index is 13.9. The summed E-state index contributed by atoms with van der Waals surface area (Å²) in [5.74, 6) is 3.20. The molecule has 7 nitrogen and oxygen atoms in total. The highest BCUT2D eigenvalue weighted by molar-refractivity contribution is 6.10. The maximum Gasteiger partial charge on any atom is 0.258 e. The molecular weight excluding hydrogens is 496 g/mol. The summed E-state index contributed by atoms with van der Waals surface area (Å²) in [5, 5.41) is 8.70. The van der Waals surface area contributed by atoms with Gasteiger partial charge in [-0.15, -0.1) is 10.2 Å². The summed E-state index contributed by atoms with van der Waals surface area (Å²) in [6.45, 7) is 13.9. The van der Waals surface area contributed by atoms with Gasteiger partial charge in [0.2, 0.25) is 0 Å². The lowest BCUT2D eigenvalue weighted by atomic mass is 9.67. The molecule has 1 saturated carbocycles. The molecule has 2 aromatic carbocycles. The van der Waals surface area contributed by atoms with Crippen LogP contribution in [0.2, 0.25) is 0 Å². The number of likely N-dealkylation sites (N-methyl/N-ethyl adjacent to an activating group) is 1. The second-order valence-corrected chi connectivity index (χ2v) is 13.1. The summed E-state index contributed by atoms with van der Waals surface area (Å²) >= 11 is 0. The van der Waals surface area contributed by atoms with E-state index in [4.69, 9.17) is 0 Å². The van der Waals surface area contributed by atoms with Crippen LogP contribution < -0.4 is 4.90 Å². The summed E-state index contributed by atoms with van der Waals surface area (Å²) in [6.07, 6.45) is 4.19. The average molecular weight is 541 g/mol. The molecule has 3 aromatic rings. The molecule has 7 heteroatoms. The first-order valence-electron chi connectivity index (χ1n) is 15.0. The molecule has 3 heterocycles. The van der Waals surface area contributed by atoms with Gasteiger partial charge in [-0.25, -0.2) is 0 Å². The molecule has 40 heavy (non-hydrogen) atoms. The zero-order valence-electron chi connectivity index (χ0n) is 25.0. The quantitative estimate of drug-likeness (QED) is 0.411. The van der Waals surface area contributed by atoms with Crippen LogP contribution in [-0.4, -0.2) is 63.2 Å². The van der Waals surface area contributed by atoms with Crippen molar-refractivity contribution in [2.75, 3.05) is 31.6 Å². The van der Waals surface area contributed by atoms with Crippen molar-refractivity contribution in [1.29, 1.82) is 0 Å². The van der Waals surface area contributed by atoms with Gasteiger partial charge in [0.1, 0.15) is 12.2 Å². The number of benzene rings is 2. The smallest absolute Gasteiger partial charge is 0.258 e. The summed E-state index contributed by atoms with van der Waals surface area (Å²) < 4.78 is 2.05. The lowest BCUT2D eigenvalue weighted by Crippen LogP contribution is -2.53. The van der Waals surface area contributed by atoms with Crippen LogP contribution in [0.1, 0.15) is 78.0 Å². The van der Waals surface area contributed by atoms with Gasteiger partial charge in [-0.2, -0.15) is 0 Å². The summed E-state index contributed by atoms with van der Waals surface area (Å²) in [7, 11) is 4.25. The Morgan fingerprint density at radius 2 is 1.88 bits per heavy atom. The van der Waals surface area contributed by atoms with Gasteiger partial charge in [0.05, 0.1) is 6.54 Å². The number of hydrogen-bond donors (Lipinski definition) is 0. The Morgan fingerprint density at radius 3 is 2.58 bits per heavy atom. The number of carbonyl (C=O) groups is 1. The molecule has 6 rings (SSSR count). The molecule has 1 aromatic heterocycles. The van der Waals surface area contributed by atoms with Gasteiger partial charge in [0.25, 0.3) is 5.91 Å². The van der Waals surface area contributed by atoms with Crippen molar-refractivity contribution in [2.24, 2.45) is 24.8 Å². The van der Waals surface area contributed by atoms with E-state index in [9.17, 15) is 4.79 Å². The minimum absolute atomic E-state index is 0.114. The van der Waals surface area contributed by atoms with Gasteiger partial charge in [-0.05, 0) is 85.0 Å². The zero-order valence-corrected chi connectivity index (χ0v) is 25.0. The van der Waals surface area contributed by atoms with Crippen molar-refractivity contribution >= 4 is 11.6 Å². The number of aromatic nitrogens is 3. The molecule has 0 spiro atoms. The van der Waals surface area contributed by atoms with Crippen molar-refractivity contribution in [1.82, 2.24) is 24.6 Å². The van der Waals surface area contributed by atoms with E-state index in [1.807, 2.05) is 16.5 Å². The molecule has 2 aliphatic heterocycles. The van der Waals surface area contributed by atoms with Crippen molar-refractivity contribution in [3.8, 4) is 0 Å². The second kappa shape index (κ2) is 10.7. The number of carbonyl (C=O) groups excluding carboxylic acids is 1. The van der Waals surface area contributed by atoms with Gasteiger partial charge in [0.15, 0.2) is 0 Å². The normalized spacial score (nSPS) is 24.4. The van der Waals surface area contributed by atoms with E-state index in [1.54, 1.807) is 6.33 Å². The van der Waals surface area contributed by atoms with Crippen LogP contribution >= 0.6 is 0 Å². The molecule has 3 aliphatic rings. The van der Waals surface area contributed by atoms with E-state index in [0.717, 1.165) is 54.7 Å². The van der Waals surface area contributed by atoms with E-state index >= 15 is 0 Å². The maximum atomic E-state index is 13.9. The monoisotopic (exact) mass is 540 g/mol. The first-order chi connectivity index (χ1) is 19.2. The van der Waals surface area contributed by atoms with Gasteiger partial charge in [0, 0.05) is 56.4 Å². The predicted octanol–water partition coefficient (Wildman–Crippen LogP) is 5.23. The van der Waals surface area contributed by atoms with Crippen LogP contribution in [0.15, 0.2) is 42.7 Å². The van der Waals surface area contributed by atoms with Crippen molar-refractivity contribution in [3.63, 3.8) is 0 Å². The van der Waals surface area contributed by atoms with Gasteiger partial charge in [-0.1, -0.05) is 39.0 Å². The number of hydrogen-bond acceptors (Lipinski definition) is 5. The van der Waals surface area contributed by atoms with Crippen LogP contribution in [0.3, 0.4) is 0 Å². The summed E-state index contributed by atoms with van der Waals surface area (Å²) in [5.41, 5.74) is 6.69. The van der Waals surface area contributed by atoms with Crippen molar-refractivity contribution < 1.29 is 4.79 Å². The fourth-order valence-corrected chi connectivity index (χ4v) is 7.35. The van der Waals surface area contributed by atoms with Crippen LogP contribution in [0, 0.1) is 24.7 Å². The molecule has 212 valence electrons. The number of nitrogens with zero attached hydrogens (tertiary/aromatic N) is 6. The highest BCUT2D eigenvalue weighted by atomic mass is 16.2. The Labute approximate surface area is 239 Å². The SMILES string of the molecule is Cc1cc(CN2CCN(C)C[C@@H]2C(C)C)cc2c1CN(c1cccc([C@@H](c3nncn3C)C3CC(C)C3)c1)C2=O. The lowest BCUT2D eigenvalue weighted by Gasteiger charge is -2.42. The topological polar surface area (TPSA) is 57.5 Å². The Hall–Kier alpha value is -3.03. The minimum atomic E-state index is 0.114. The highest BCUT2D eigenvalue weighted by Crippen LogP contribution is 2.46. The Kier molecular flexibility index (Phi) is 7.30. The standard InChI is InChI=1S/C33H44N6O/c1-21(2)30-19-36(5)10-11-38(30)17-24-14-23(4)29-18-39(33(40)28(29)15-24)27-9-7-8-25(16-27)31(26-12-22(3)13-26)32-35-34-20-37(32)6/h7-9,14-16,20-22,26,30-31H,10-13,17-19H2,1-6H3/t22?,26?,30-,31-/m1/s1. The van der Waals surface area contributed by atoms with Crippen LogP contribution in [0.4, 0.5) is 5.69 Å². The molecule has 0 unspecified atom stereocenters. The first-order valence-corrected chi connectivity index (χ1v) is 15.0. The van der Waals surface area contributed by atoms with Crippen LogP contribution in [0.5, 0.6) is 0 Å². The van der Waals surface area contributed by atoms with Gasteiger partial charge >= 0.3 is 0 Å². The van der Waals surface area contributed by atoms with E-state index < -0.39 is 0 Å². The number of piperazine rings is 1. The lowest BCUT2D eigenvalue weighted by molar-refractivity contribution is 0.0571. The molecule has 1 saturated heterocycles. The third-order valence-corrected chi connectivity index (χ3v) is 9.66. The second-order valence-electron chi connectivity index (χ2n) is 13.1. The Morgan fingerprint density at radius 1 is 1.07 bits per heavy atom. The molecular formula is C33H44N6O. The number of amides is 1. The highest BCUT2D eigenvalue weighted by Gasteiger charge is 2.38. The molecule has 1 amide bonds. The third-order valence-electron chi connectivity index (χ3n) is 9.66. The fraction of sp³-hybridized carbons (Fsp3) is 0.545. The Bertz CT molecular complexity index is 1390. The van der Waals surface area contributed by atoms with Crippen LogP contribution in [-0.2, 0) is 20.1 Å². The Balaban J connectivity index is 1.26. The van der Waals surface area contributed by atoms with E-state index in [-0.39, 0.29) is 11.8 Å². The largest absolute Gasteiger partial charge is 0.320 e. The zero-order chi connectivity index (χ0) is 28.1. The third kappa shape index (κ3) is 4.99. The molecule has 0 N–H and O–H groups in total. The van der Waals surface area contributed by atoms with E-state index in [0.29, 0.717) is 24.4 Å². The fourth-order valence-electron chi connectivity index (χ4n) is 7.35. The van der Waals surface area contributed by atoms with Crippen LogP contribution in [0.25, 0.3) is 0 Å². The van der Waals surface area contributed by atoms with E-state index in [1.165, 1.54) is 29.5 Å². The molecule has 0 bridgehead atoms. The molecule has 0 radical (unpaired) electrons. The van der Waals surface area contributed by atoms with Crippen molar-refractivity contribution in [3.05, 3.63) is 76.4 Å². The molecule has 2 atom stereocenters.